The standard InChI is InChI=1S/C62H72ClN3/c1-13-59(5,6)45-27-35-51(36-28-45)65(52-37-29-46(30-38-52)60(7,8)14-2)56-43-55(64(49-23-19-17-20-24-49)50-25-21-18-22-26-50)44-57(58(56)63)66(53-39-31-47(32-40-53)61(9,10)15-3)54-41-33-48(34-42-54)62(11,12)16-4/h17-44H,13-16H2,1-12H3/i17D,18D,19D,20D,21D,22D,23D,24D,25D,26D,27D,28D,29D,30D,31D,32D,33D,34D,35D,36D,37D,38D,39D,40D,41D,42D. The number of anilines is 9. The van der Waals surface area contributed by atoms with Gasteiger partial charge in [0.05, 0.1) is 57.7 Å². The second-order valence-electron chi connectivity index (χ2n) is 18.6. The molecule has 0 bridgehead atoms. The highest BCUT2D eigenvalue weighted by atomic mass is 35.5. The van der Waals surface area contributed by atoms with E-state index in [1.54, 1.807) is 83.1 Å². The lowest BCUT2D eigenvalue weighted by Crippen LogP contribution is -2.19. The molecular weight excluding hydrogens is 822 g/mol. The van der Waals surface area contributed by atoms with Crippen LogP contribution >= 0.6 is 11.6 Å². The molecule has 0 spiro atoms. The smallest absolute Gasteiger partial charge is 0.0888 e. The molecule has 0 fully saturated rings. The maximum atomic E-state index is 9.98. The van der Waals surface area contributed by atoms with Crippen LogP contribution in [0.15, 0.2) is 169 Å². The van der Waals surface area contributed by atoms with Gasteiger partial charge >= 0.3 is 0 Å². The summed E-state index contributed by atoms with van der Waals surface area (Å²) in [6.45, 7) is 20.3. The molecular formula is C62H72ClN3. The Bertz CT molecular complexity index is 3630. The molecule has 0 amide bonds. The minimum absolute atomic E-state index is 0.102. The van der Waals surface area contributed by atoms with Crippen LogP contribution in [-0.4, -0.2) is 0 Å². The first-order valence-electron chi connectivity index (χ1n) is 35.1. The van der Waals surface area contributed by atoms with Crippen LogP contribution in [0, 0.1) is 0 Å². The van der Waals surface area contributed by atoms with Gasteiger partial charge in [-0.25, -0.2) is 0 Å². The molecule has 0 aliphatic rings. The number of rotatable bonds is 17. The normalized spacial score (nSPS) is 17.8. The molecule has 3 nitrogen and oxygen atoms in total. The summed E-state index contributed by atoms with van der Waals surface area (Å²) in [5.41, 5.74) is -12.3. The highest BCUT2D eigenvalue weighted by molar-refractivity contribution is 6.37. The number of hydrogen-bond acceptors (Lipinski definition) is 3. The van der Waals surface area contributed by atoms with E-state index in [0.29, 0.717) is 4.90 Å². The average molecular weight is 921 g/mol. The second-order valence-corrected chi connectivity index (χ2v) is 19.0. The predicted octanol–water partition coefficient (Wildman–Crippen LogP) is 19.5. The lowest BCUT2D eigenvalue weighted by Gasteiger charge is -2.35. The Balaban J connectivity index is 1.99. The first-order chi connectivity index (χ1) is 42.3. The topological polar surface area (TPSA) is 9.72 Å². The quantitative estimate of drug-likeness (QED) is 0.0901. The molecule has 7 aromatic carbocycles. The molecule has 0 unspecified atom stereocenters. The molecule has 0 radical (unpaired) electrons. The summed E-state index contributed by atoms with van der Waals surface area (Å²) in [5.74, 6) is 0. The fourth-order valence-corrected chi connectivity index (χ4v) is 6.83. The van der Waals surface area contributed by atoms with Gasteiger partial charge in [-0.15, -0.1) is 0 Å². The molecule has 4 heteroatoms. The summed E-state index contributed by atoms with van der Waals surface area (Å²) in [7, 11) is 0. The fourth-order valence-electron chi connectivity index (χ4n) is 6.55. The average Bonchev–Trinajstić information content (AvgIpc) is 0.721. The Morgan fingerprint density at radius 3 is 0.788 bits per heavy atom. The van der Waals surface area contributed by atoms with E-state index >= 15 is 0 Å². The highest BCUT2D eigenvalue weighted by Crippen LogP contribution is 2.51. The molecule has 7 aromatic rings. The highest BCUT2D eigenvalue weighted by Gasteiger charge is 2.29. The Kier molecular flexibility index (Phi) is 7.38. The van der Waals surface area contributed by atoms with Gasteiger partial charge in [-0.05, 0) is 154 Å². The third-order valence-corrected chi connectivity index (χ3v) is 13.2. The van der Waals surface area contributed by atoms with E-state index in [1.807, 2.05) is 0 Å². The van der Waals surface area contributed by atoms with Gasteiger partial charge in [0.1, 0.15) is 0 Å². The number of nitrogens with zero attached hydrogens (tertiary/aromatic N) is 3. The van der Waals surface area contributed by atoms with Crippen LogP contribution in [0.5, 0.6) is 0 Å². The molecule has 0 atom stereocenters. The van der Waals surface area contributed by atoms with Crippen LogP contribution < -0.4 is 14.7 Å². The first kappa shape index (κ1) is 24.8. The van der Waals surface area contributed by atoms with Gasteiger partial charge in [0, 0.05) is 34.1 Å². The summed E-state index contributed by atoms with van der Waals surface area (Å²) in [6.07, 6.45) is 1.04. The molecule has 7 rings (SSSR count). The number of hydrogen-bond donors (Lipinski definition) is 0. The number of benzene rings is 7. The van der Waals surface area contributed by atoms with E-state index in [0.717, 1.165) is 21.9 Å². The zero-order valence-corrected chi connectivity index (χ0v) is 40.5. The predicted molar refractivity (Wildman–Crippen MR) is 289 cm³/mol. The molecule has 0 aliphatic heterocycles. The van der Waals surface area contributed by atoms with Crippen molar-refractivity contribution >= 4 is 62.8 Å². The van der Waals surface area contributed by atoms with Crippen LogP contribution in [0.25, 0.3) is 0 Å². The fraction of sp³-hybridized carbons (Fsp3) is 0.323. The molecule has 0 aromatic heterocycles. The SMILES string of the molecule is [2H]c1c([2H])c([2H])c(N(c2cc(N(c3c([2H])c([2H])c(C(C)(C)CC)c([2H])c3[2H])c3c([2H])c([2H])c(C(C)(C)CC)c([2H])c3[2H])c(Cl)c(N(c3c([2H])c([2H])c(C(C)(C)CC)c([2H])c3[2H])c3c([2H])c([2H])c(C(C)(C)CC)c([2H])c3[2H])c2)c2c([2H])c([2H])c([2H])c([2H])c2[2H])c([2H])c1[2H]. The minimum Gasteiger partial charge on any atom is -0.310 e. The summed E-state index contributed by atoms with van der Waals surface area (Å²) in [5, 5.41) is -0.842. The van der Waals surface area contributed by atoms with Gasteiger partial charge in [-0.2, -0.15) is 0 Å². The molecule has 342 valence electrons. The van der Waals surface area contributed by atoms with E-state index in [9.17, 15) is 27.4 Å². The molecule has 0 aliphatic carbocycles. The van der Waals surface area contributed by atoms with E-state index < -0.39 is 235 Å². The molecule has 0 saturated carbocycles. The molecule has 0 heterocycles. The van der Waals surface area contributed by atoms with Crippen molar-refractivity contribution in [2.75, 3.05) is 14.7 Å². The van der Waals surface area contributed by atoms with E-state index in [4.69, 9.17) is 19.8 Å². The summed E-state index contributed by atoms with van der Waals surface area (Å²) < 4.78 is 248. The molecule has 0 saturated heterocycles. The van der Waals surface area contributed by atoms with Crippen LogP contribution in [-0.2, 0) is 21.7 Å². The largest absolute Gasteiger partial charge is 0.310 e. The Morgan fingerprint density at radius 2 is 0.561 bits per heavy atom. The monoisotopic (exact) mass is 920 g/mol. The van der Waals surface area contributed by atoms with E-state index in [1.165, 1.54) is 0 Å². The van der Waals surface area contributed by atoms with Crippen LogP contribution in [0.3, 0.4) is 0 Å². The van der Waals surface area contributed by atoms with Gasteiger partial charge < -0.3 is 14.7 Å². The lowest BCUT2D eigenvalue weighted by molar-refractivity contribution is 0.506. The summed E-state index contributed by atoms with van der Waals surface area (Å²) >= 11 is 7.99. The van der Waals surface area contributed by atoms with Crippen molar-refractivity contribution in [3.05, 3.63) is 197 Å². The third kappa shape index (κ3) is 9.98. The maximum absolute atomic E-state index is 9.98. The van der Waals surface area contributed by atoms with E-state index in [-0.39, 0.29) is 47.9 Å². The number of halogens is 1. The van der Waals surface area contributed by atoms with Crippen molar-refractivity contribution in [3.8, 4) is 0 Å². The Morgan fingerprint density at radius 1 is 0.333 bits per heavy atom. The Labute approximate surface area is 439 Å². The van der Waals surface area contributed by atoms with Gasteiger partial charge in [0.25, 0.3) is 0 Å². The van der Waals surface area contributed by atoms with Crippen molar-refractivity contribution in [1.29, 1.82) is 0 Å². The van der Waals surface area contributed by atoms with Gasteiger partial charge in [0.15, 0.2) is 0 Å². The van der Waals surface area contributed by atoms with Crippen LogP contribution in [0.1, 0.15) is 167 Å². The van der Waals surface area contributed by atoms with Crippen molar-refractivity contribution in [2.24, 2.45) is 0 Å². The van der Waals surface area contributed by atoms with Crippen molar-refractivity contribution in [1.82, 2.24) is 0 Å². The van der Waals surface area contributed by atoms with Crippen molar-refractivity contribution < 1.29 is 35.6 Å². The molecule has 66 heavy (non-hydrogen) atoms. The van der Waals surface area contributed by atoms with Crippen molar-refractivity contribution in [3.63, 3.8) is 0 Å². The van der Waals surface area contributed by atoms with E-state index in [2.05, 4.69) is 0 Å². The Hall–Kier alpha value is -5.77. The van der Waals surface area contributed by atoms with Gasteiger partial charge in [0.2, 0.25) is 0 Å². The zero-order valence-electron chi connectivity index (χ0n) is 65.7. The third-order valence-electron chi connectivity index (χ3n) is 12.8. The van der Waals surface area contributed by atoms with Gasteiger partial charge in [-0.1, -0.05) is 179 Å². The summed E-state index contributed by atoms with van der Waals surface area (Å²) in [6, 6.07) is -20.8. The van der Waals surface area contributed by atoms with Gasteiger partial charge in [-0.3, -0.25) is 0 Å². The zero-order chi connectivity index (χ0) is 70.1. The minimum atomic E-state index is -1.09. The maximum Gasteiger partial charge on any atom is 0.0888 e. The van der Waals surface area contributed by atoms with Crippen LogP contribution in [0.4, 0.5) is 51.2 Å². The van der Waals surface area contributed by atoms with Crippen LogP contribution in [0.2, 0.25) is 5.02 Å². The second kappa shape index (κ2) is 19.6. The lowest BCUT2D eigenvalue weighted by atomic mass is 9.82. The first-order valence-corrected chi connectivity index (χ1v) is 22.5. The molecule has 0 N–H and O–H groups in total. The summed E-state index contributed by atoms with van der Waals surface area (Å²) in [4.78, 5) is 2.09. The van der Waals surface area contributed by atoms with Crippen molar-refractivity contribution in [2.45, 2.75) is 130 Å². The number of para-hydroxylation sites is 2.